The van der Waals surface area contributed by atoms with E-state index >= 15 is 0 Å². The molecule has 1 N–H and O–H groups in total. The lowest BCUT2D eigenvalue weighted by atomic mass is 10.1. The highest BCUT2D eigenvalue weighted by molar-refractivity contribution is 5.83. The maximum absolute atomic E-state index is 11.0. The number of nitrogens with zero attached hydrogens (tertiary/aromatic N) is 4. The first-order valence-electron chi connectivity index (χ1n) is 8.53. The van der Waals surface area contributed by atoms with Crippen molar-refractivity contribution in [3.63, 3.8) is 0 Å². The fourth-order valence-corrected chi connectivity index (χ4v) is 3.14. The third kappa shape index (κ3) is 3.72. The summed E-state index contributed by atoms with van der Waals surface area (Å²) < 4.78 is 2.18. The molecule has 0 aliphatic rings. The van der Waals surface area contributed by atoms with Gasteiger partial charge in [-0.2, -0.15) is 5.10 Å². The van der Waals surface area contributed by atoms with Crippen molar-refractivity contribution in [3.8, 4) is 5.69 Å². The zero-order chi connectivity index (χ0) is 19.6. The number of hydrazone groups is 1. The molecule has 0 bridgehead atoms. The summed E-state index contributed by atoms with van der Waals surface area (Å²) in [5.41, 5.74) is 9.16. The Morgan fingerprint density at radius 1 is 1.19 bits per heavy atom. The van der Waals surface area contributed by atoms with Crippen LogP contribution < -0.4 is 5.43 Å². The molecule has 0 aliphatic heterocycles. The topological polar surface area (TPSA) is 85.3 Å². The monoisotopic (exact) mass is 363 g/mol. The second kappa shape index (κ2) is 7.41. The van der Waals surface area contributed by atoms with E-state index in [4.69, 9.17) is 0 Å². The molecule has 0 unspecified atom stereocenters. The number of aryl methyl sites for hydroxylation is 3. The molecular weight excluding hydrogens is 342 g/mol. The van der Waals surface area contributed by atoms with Gasteiger partial charge in [-0.05, 0) is 51.5 Å². The number of hydrogen-bond acceptors (Lipinski definition) is 5. The fourth-order valence-electron chi connectivity index (χ4n) is 3.14. The van der Waals surface area contributed by atoms with Crippen LogP contribution in [0, 0.1) is 37.8 Å². The van der Waals surface area contributed by atoms with Crippen LogP contribution in [0.2, 0.25) is 0 Å². The zero-order valence-electron chi connectivity index (χ0n) is 15.7. The molecule has 138 valence electrons. The van der Waals surface area contributed by atoms with Gasteiger partial charge >= 0.3 is 5.69 Å². The molecule has 1 aromatic carbocycles. The molecule has 0 spiro atoms. The number of anilines is 1. The lowest BCUT2D eigenvalue weighted by Gasteiger charge is -2.13. The smallest absolute Gasteiger partial charge is 0.313 e. The summed E-state index contributed by atoms with van der Waals surface area (Å²) in [6, 6.07) is 11.3. The first-order chi connectivity index (χ1) is 12.9. The van der Waals surface area contributed by atoms with Gasteiger partial charge in [0, 0.05) is 34.9 Å². The molecule has 7 nitrogen and oxygen atoms in total. The highest BCUT2D eigenvalue weighted by atomic mass is 16.6. The van der Waals surface area contributed by atoms with Crippen molar-refractivity contribution in [2.24, 2.45) is 5.10 Å². The number of aromatic nitrogens is 2. The Bertz CT molecular complexity index is 1040. The van der Waals surface area contributed by atoms with Gasteiger partial charge < -0.3 is 4.57 Å². The van der Waals surface area contributed by atoms with Gasteiger partial charge in [-0.25, -0.2) is 4.98 Å². The van der Waals surface area contributed by atoms with Crippen molar-refractivity contribution in [3.05, 3.63) is 80.8 Å². The van der Waals surface area contributed by atoms with Gasteiger partial charge in [-0.3, -0.25) is 15.5 Å². The van der Waals surface area contributed by atoms with Crippen LogP contribution >= 0.6 is 0 Å². The number of nitro groups is 1. The molecule has 3 rings (SSSR count). The highest BCUT2D eigenvalue weighted by Gasteiger charge is 2.14. The molecule has 0 saturated carbocycles. The first-order valence-corrected chi connectivity index (χ1v) is 8.53. The lowest BCUT2D eigenvalue weighted by Crippen LogP contribution is -2.02. The predicted octanol–water partition coefficient (Wildman–Crippen LogP) is 4.46. The second-order valence-corrected chi connectivity index (χ2v) is 6.45. The van der Waals surface area contributed by atoms with Crippen LogP contribution in [0.1, 0.15) is 28.1 Å². The maximum atomic E-state index is 11.0. The summed E-state index contributed by atoms with van der Waals surface area (Å²) in [4.78, 5) is 14.5. The van der Waals surface area contributed by atoms with Crippen LogP contribution in [0.3, 0.4) is 0 Å². The molecule has 3 aromatic rings. The molecule has 0 fully saturated rings. The minimum absolute atomic E-state index is 0.113. The summed E-state index contributed by atoms with van der Waals surface area (Å²) in [7, 11) is 0. The van der Waals surface area contributed by atoms with Crippen molar-refractivity contribution < 1.29 is 4.92 Å². The maximum Gasteiger partial charge on any atom is 0.313 e. The van der Waals surface area contributed by atoms with Crippen LogP contribution in [0.25, 0.3) is 5.69 Å². The number of hydrogen-bond donors (Lipinski definition) is 1. The molecule has 0 radical (unpaired) electrons. The van der Waals surface area contributed by atoms with Crippen LogP contribution in [0.15, 0.2) is 47.7 Å². The molecule has 0 atom stereocenters. The van der Waals surface area contributed by atoms with Crippen molar-refractivity contribution in [1.82, 2.24) is 9.55 Å². The van der Waals surface area contributed by atoms with Crippen LogP contribution in [0.4, 0.5) is 11.5 Å². The van der Waals surface area contributed by atoms with E-state index in [0.717, 1.165) is 22.6 Å². The van der Waals surface area contributed by atoms with E-state index in [1.807, 2.05) is 19.9 Å². The highest BCUT2D eigenvalue weighted by Crippen LogP contribution is 2.24. The van der Waals surface area contributed by atoms with Crippen molar-refractivity contribution in [2.45, 2.75) is 27.7 Å². The average molecular weight is 363 g/mol. The molecular formula is C20H21N5O2. The Hall–Kier alpha value is -3.48. The number of rotatable bonds is 5. The van der Waals surface area contributed by atoms with E-state index in [0.29, 0.717) is 0 Å². The van der Waals surface area contributed by atoms with Gasteiger partial charge in [0.25, 0.3) is 0 Å². The van der Waals surface area contributed by atoms with Crippen LogP contribution in [0.5, 0.6) is 0 Å². The second-order valence-electron chi connectivity index (χ2n) is 6.45. The summed E-state index contributed by atoms with van der Waals surface area (Å²) in [5, 5.41) is 15.2. The quantitative estimate of drug-likeness (QED) is 0.412. The molecule has 7 heteroatoms. The minimum Gasteiger partial charge on any atom is -0.318 e. The Labute approximate surface area is 157 Å². The van der Waals surface area contributed by atoms with Crippen molar-refractivity contribution >= 4 is 17.7 Å². The average Bonchev–Trinajstić information content (AvgIpc) is 2.89. The summed E-state index contributed by atoms with van der Waals surface area (Å²) in [5.74, 6) is 0.113. The molecule has 0 saturated heterocycles. The van der Waals surface area contributed by atoms with Gasteiger partial charge in [0.15, 0.2) is 0 Å². The fraction of sp³-hybridized carbons (Fsp3) is 0.200. The van der Waals surface area contributed by atoms with Crippen molar-refractivity contribution in [1.29, 1.82) is 0 Å². The summed E-state index contributed by atoms with van der Waals surface area (Å²) in [6.45, 7) is 8.24. The van der Waals surface area contributed by atoms with Gasteiger partial charge in [0.1, 0.15) is 0 Å². The molecule has 27 heavy (non-hydrogen) atoms. The Morgan fingerprint density at radius 3 is 2.67 bits per heavy atom. The van der Waals surface area contributed by atoms with Gasteiger partial charge in [0.05, 0.1) is 11.1 Å². The van der Waals surface area contributed by atoms with Crippen LogP contribution in [-0.2, 0) is 0 Å². The predicted molar refractivity (Wildman–Crippen MR) is 107 cm³/mol. The molecule has 2 heterocycles. The van der Waals surface area contributed by atoms with Gasteiger partial charge in [-0.15, -0.1) is 0 Å². The van der Waals surface area contributed by atoms with Gasteiger partial charge in [0.2, 0.25) is 5.82 Å². The van der Waals surface area contributed by atoms with Crippen molar-refractivity contribution in [2.75, 3.05) is 5.43 Å². The first kappa shape index (κ1) is 18.3. The third-order valence-electron chi connectivity index (χ3n) is 4.42. The number of pyridine rings is 1. The van der Waals surface area contributed by atoms with E-state index < -0.39 is 4.92 Å². The van der Waals surface area contributed by atoms with E-state index in [-0.39, 0.29) is 11.5 Å². The standard InChI is InChI=1S/C20H21N5O2/c1-13-7-8-18(14(2)10-13)24-15(3)11-17(16(24)4)12-22-23-20-19(25(26)27)6-5-9-21-20/h5-12H,1-4H3,(H,21,23)/b22-12-. The Kier molecular flexibility index (Phi) is 5.03. The van der Waals surface area contributed by atoms with E-state index in [1.165, 1.54) is 29.5 Å². The number of nitrogens with one attached hydrogen (secondary N) is 1. The summed E-state index contributed by atoms with van der Waals surface area (Å²) in [6.07, 6.45) is 3.14. The summed E-state index contributed by atoms with van der Waals surface area (Å²) >= 11 is 0. The Balaban J connectivity index is 1.89. The molecule has 0 aliphatic carbocycles. The largest absolute Gasteiger partial charge is 0.318 e. The normalized spacial score (nSPS) is 11.1. The molecule has 0 amide bonds. The van der Waals surface area contributed by atoms with E-state index in [9.17, 15) is 10.1 Å². The van der Waals surface area contributed by atoms with E-state index in [2.05, 4.69) is 52.1 Å². The molecule has 2 aromatic heterocycles. The van der Waals surface area contributed by atoms with Crippen LogP contribution in [-0.4, -0.2) is 20.7 Å². The zero-order valence-corrected chi connectivity index (χ0v) is 15.7. The minimum atomic E-state index is -0.489. The third-order valence-corrected chi connectivity index (χ3v) is 4.42. The van der Waals surface area contributed by atoms with Gasteiger partial charge in [-0.1, -0.05) is 17.7 Å². The Morgan fingerprint density at radius 2 is 1.96 bits per heavy atom. The number of benzene rings is 1. The SMILES string of the molecule is Cc1ccc(-n2c(C)cc(/C=N\Nc3ncccc3[N+](=O)[O-])c2C)c(C)c1. The lowest BCUT2D eigenvalue weighted by molar-refractivity contribution is -0.384. The van der Waals surface area contributed by atoms with E-state index in [1.54, 1.807) is 6.21 Å².